The van der Waals surface area contributed by atoms with Crippen molar-refractivity contribution in [1.29, 1.82) is 0 Å². The van der Waals surface area contributed by atoms with Crippen molar-refractivity contribution in [2.24, 2.45) is 7.05 Å². The summed E-state index contributed by atoms with van der Waals surface area (Å²) in [4.78, 5) is 12.8. The average molecular weight is 461 g/mol. The molecule has 0 fully saturated rings. The second kappa shape index (κ2) is 10.9. The largest absolute Gasteiger partial charge is 0.497 e. The summed E-state index contributed by atoms with van der Waals surface area (Å²) < 4.78 is 30.8. The van der Waals surface area contributed by atoms with Crippen molar-refractivity contribution in [2.45, 2.75) is 18.1 Å². The number of halogens is 1. The van der Waals surface area contributed by atoms with E-state index in [2.05, 4.69) is 15.5 Å². The van der Waals surface area contributed by atoms with E-state index in [-0.39, 0.29) is 17.8 Å². The summed E-state index contributed by atoms with van der Waals surface area (Å²) in [6, 6.07) is 10.5. The number of methoxy groups -OCH3 is 2. The van der Waals surface area contributed by atoms with Crippen molar-refractivity contribution < 1.29 is 23.4 Å². The molecule has 0 saturated carbocycles. The number of nitrogens with zero attached hydrogens (tertiary/aromatic N) is 3. The van der Waals surface area contributed by atoms with Gasteiger partial charge in [0.25, 0.3) is 5.91 Å². The van der Waals surface area contributed by atoms with Crippen LogP contribution < -0.4 is 19.5 Å². The second-order valence-electron chi connectivity index (χ2n) is 6.81. The van der Waals surface area contributed by atoms with Crippen molar-refractivity contribution >= 4 is 17.7 Å². The molecule has 3 rings (SSSR count). The van der Waals surface area contributed by atoms with Gasteiger partial charge in [-0.3, -0.25) is 4.79 Å². The van der Waals surface area contributed by atoms with Crippen LogP contribution in [-0.4, -0.2) is 47.3 Å². The molecule has 1 amide bonds. The highest BCUT2D eigenvalue weighted by molar-refractivity contribution is 7.99. The fourth-order valence-electron chi connectivity index (χ4n) is 2.98. The van der Waals surface area contributed by atoms with Gasteiger partial charge in [0.1, 0.15) is 23.1 Å². The predicted molar refractivity (Wildman–Crippen MR) is 119 cm³/mol. The van der Waals surface area contributed by atoms with Crippen LogP contribution in [0.1, 0.15) is 29.1 Å². The van der Waals surface area contributed by atoms with Crippen LogP contribution in [0.4, 0.5) is 4.39 Å². The Hall–Kier alpha value is -3.27. The van der Waals surface area contributed by atoms with Crippen LogP contribution in [0.2, 0.25) is 0 Å². The summed E-state index contributed by atoms with van der Waals surface area (Å²) in [5, 5.41) is 12.1. The lowest BCUT2D eigenvalue weighted by atomic mass is 10.1. The smallest absolute Gasteiger partial charge is 0.255 e. The molecule has 0 spiro atoms. The number of hydrogen-bond acceptors (Lipinski definition) is 7. The van der Waals surface area contributed by atoms with E-state index in [0.717, 1.165) is 0 Å². The Morgan fingerprint density at radius 1 is 1.12 bits per heavy atom. The molecule has 3 aromatic rings. The SMILES string of the molecule is COc1ccc(C(=O)NC(C)c2nnc(SCCOc3ccc(F)cc3)n2C)c(OC)c1. The molecule has 0 aliphatic carbocycles. The Morgan fingerprint density at radius 2 is 1.84 bits per heavy atom. The summed E-state index contributed by atoms with van der Waals surface area (Å²) in [7, 11) is 4.89. The highest BCUT2D eigenvalue weighted by Gasteiger charge is 2.20. The molecule has 32 heavy (non-hydrogen) atoms. The third-order valence-corrected chi connectivity index (χ3v) is 5.64. The number of carbonyl (C=O) groups is 1. The number of carbonyl (C=O) groups excluding carboxylic acids is 1. The van der Waals surface area contributed by atoms with E-state index in [9.17, 15) is 9.18 Å². The van der Waals surface area contributed by atoms with Gasteiger partial charge in [-0.2, -0.15) is 0 Å². The van der Waals surface area contributed by atoms with E-state index in [0.29, 0.717) is 46.2 Å². The molecule has 0 bridgehead atoms. The maximum Gasteiger partial charge on any atom is 0.255 e. The van der Waals surface area contributed by atoms with Gasteiger partial charge in [-0.05, 0) is 43.3 Å². The lowest BCUT2D eigenvalue weighted by molar-refractivity contribution is 0.0934. The van der Waals surface area contributed by atoms with Gasteiger partial charge < -0.3 is 24.1 Å². The molecular formula is C22H25FN4O4S. The van der Waals surface area contributed by atoms with Gasteiger partial charge in [-0.1, -0.05) is 11.8 Å². The van der Waals surface area contributed by atoms with Gasteiger partial charge in [-0.15, -0.1) is 10.2 Å². The molecule has 0 aliphatic rings. The van der Waals surface area contributed by atoms with Gasteiger partial charge in [0.2, 0.25) is 0 Å². The van der Waals surface area contributed by atoms with Crippen LogP contribution >= 0.6 is 11.8 Å². The van der Waals surface area contributed by atoms with E-state index in [1.165, 1.54) is 31.0 Å². The standard InChI is InChI=1S/C22H25FN4O4S/c1-14(24-21(28)18-10-9-17(29-3)13-19(18)30-4)20-25-26-22(27(20)2)32-12-11-31-16-7-5-15(23)6-8-16/h5-10,13-14H,11-12H2,1-4H3,(H,24,28). The first kappa shape index (κ1) is 23.4. The lowest BCUT2D eigenvalue weighted by Gasteiger charge is -2.15. The number of aromatic nitrogens is 3. The maximum atomic E-state index is 12.9. The first-order valence-electron chi connectivity index (χ1n) is 9.86. The topological polar surface area (TPSA) is 87.5 Å². The Balaban J connectivity index is 1.56. The number of rotatable bonds is 10. The van der Waals surface area contributed by atoms with Gasteiger partial charge in [0, 0.05) is 18.9 Å². The van der Waals surface area contributed by atoms with Crippen LogP contribution in [0.3, 0.4) is 0 Å². The Morgan fingerprint density at radius 3 is 2.53 bits per heavy atom. The minimum atomic E-state index is -0.378. The van der Waals surface area contributed by atoms with Crippen LogP contribution in [0.5, 0.6) is 17.2 Å². The lowest BCUT2D eigenvalue weighted by Crippen LogP contribution is -2.28. The first-order valence-corrected chi connectivity index (χ1v) is 10.8. The summed E-state index contributed by atoms with van der Waals surface area (Å²) in [5.74, 6) is 2.29. The van der Waals surface area contributed by atoms with E-state index in [1.807, 2.05) is 18.5 Å². The van der Waals surface area contributed by atoms with E-state index < -0.39 is 0 Å². The van der Waals surface area contributed by atoms with Crippen molar-refractivity contribution in [2.75, 3.05) is 26.6 Å². The first-order chi connectivity index (χ1) is 15.4. The fourth-order valence-corrected chi connectivity index (χ4v) is 3.71. The van der Waals surface area contributed by atoms with Crippen LogP contribution in [-0.2, 0) is 7.05 Å². The zero-order valence-electron chi connectivity index (χ0n) is 18.3. The molecular weight excluding hydrogens is 435 g/mol. The molecule has 1 N–H and O–H groups in total. The summed E-state index contributed by atoms with van der Waals surface area (Å²) in [5.41, 5.74) is 0.398. The third-order valence-electron chi connectivity index (χ3n) is 4.65. The van der Waals surface area contributed by atoms with Crippen molar-refractivity contribution in [3.63, 3.8) is 0 Å². The van der Waals surface area contributed by atoms with E-state index in [4.69, 9.17) is 14.2 Å². The molecule has 8 nitrogen and oxygen atoms in total. The normalized spacial score (nSPS) is 11.7. The number of hydrogen-bond donors (Lipinski definition) is 1. The Bertz CT molecular complexity index is 1060. The van der Waals surface area contributed by atoms with Gasteiger partial charge in [0.05, 0.1) is 32.4 Å². The molecule has 1 atom stereocenters. The maximum absolute atomic E-state index is 12.9. The molecule has 10 heteroatoms. The van der Waals surface area contributed by atoms with E-state index >= 15 is 0 Å². The van der Waals surface area contributed by atoms with Gasteiger partial charge in [0.15, 0.2) is 11.0 Å². The van der Waals surface area contributed by atoms with Crippen LogP contribution in [0.15, 0.2) is 47.6 Å². The Kier molecular flexibility index (Phi) is 7.93. The Labute approximate surface area is 190 Å². The van der Waals surface area contributed by atoms with E-state index in [1.54, 1.807) is 37.4 Å². The summed E-state index contributed by atoms with van der Waals surface area (Å²) in [6.45, 7) is 2.27. The average Bonchev–Trinajstić information content (AvgIpc) is 3.17. The third kappa shape index (κ3) is 5.70. The number of ether oxygens (including phenoxy) is 3. The number of amides is 1. The van der Waals surface area contributed by atoms with Gasteiger partial charge in [-0.25, -0.2) is 4.39 Å². The molecule has 0 aliphatic heterocycles. The van der Waals surface area contributed by atoms with Crippen molar-refractivity contribution in [1.82, 2.24) is 20.1 Å². The van der Waals surface area contributed by atoms with Crippen LogP contribution in [0, 0.1) is 5.82 Å². The zero-order valence-corrected chi connectivity index (χ0v) is 19.1. The number of benzene rings is 2. The molecule has 1 aromatic heterocycles. The highest BCUT2D eigenvalue weighted by Crippen LogP contribution is 2.25. The molecule has 1 unspecified atom stereocenters. The summed E-state index contributed by atoms with van der Waals surface area (Å²) in [6.07, 6.45) is 0. The van der Waals surface area contributed by atoms with Crippen molar-refractivity contribution in [3.05, 3.63) is 59.7 Å². The molecule has 0 saturated heterocycles. The van der Waals surface area contributed by atoms with Crippen molar-refractivity contribution in [3.8, 4) is 17.2 Å². The minimum absolute atomic E-state index is 0.290. The summed E-state index contributed by atoms with van der Waals surface area (Å²) >= 11 is 1.48. The second-order valence-corrected chi connectivity index (χ2v) is 7.87. The predicted octanol–water partition coefficient (Wildman–Crippen LogP) is 3.63. The highest BCUT2D eigenvalue weighted by atomic mass is 32.2. The molecule has 0 radical (unpaired) electrons. The van der Waals surface area contributed by atoms with Crippen LogP contribution in [0.25, 0.3) is 0 Å². The molecule has 170 valence electrons. The molecule has 2 aromatic carbocycles. The number of nitrogens with one attached hydrogen (secondary N) is 1. The number of thioether (sulfide) groups is 1. The quantitative estimate of drug-likeness (QED) is 0.365. The fraction of sp³-hybridized carbons (Fsp3) is 0.318. The van der Waals surface area contributed by atoms with Gasteiger partial charge >= 0.3 is 0 Å². The minimum Gasteiger partial charge on any atom is -0.497 e. The monoisotopic (exact) mass is 460 g/mol. The zero-order chi connectivity index (χ0) is 23.1. The molecule has 1 heterocycles.